The molecule has 0 radical (unpaired) electrons. The molecule has 1 amide bonds. The molecule has 266 valence electrons. The van der Waals surface area contributed by atoms with Crippen molar-refractivity contribution in [2.24, 2.45) is 0 Å². The van der Waals surface area contributed by atoms with Crippen LogP contribution < -0.4 is 14.5 Å². The van der Waals surface area contributed by atoms with Crippen LogP contribution in [0.5, 0.6) is 5.75 Å². The number of fused-ring (bicyclic) bond motifs is 1. The molecule has 0 spiro atoms. The highest BCUT2D eigenvalue weighted by Gasteiger charge is 2.42. The number of hydrogen-bond acceptors (Lipinski definition) is 7. The van der Waals surface area contributed by atoms with E-state index >= 15 is 0 Å². The van der Waals surface area contributed by atoms with Crippen LogP contribution in [-0.4, -0.2) is 46.4 Å². The van der Waals surface area contributed by atoms with Crippen molar-refractivity contribution in [2.75, 3.05) is 23.0 Å². The Hall–Kier alpha value is -4.77. The van der Waals surface area contributed by atoms with E-state index in [1.54, 1.807) is 6.92 Å². The summed E-state index contributed by atoms with van der Waals surface area (Å²) in [6.45, 7) is 2.21. The van der Waals surface area contributed by atoms with E-state index in [9.17, 15) is 49.1 Å². The van der Waals surface area contributed by atoms with Crippen molar-refractivity contribution < 1.29 is 63.7 Å². The number of nitrogens with zero attached hydrogens (tertiary/aromatic N) is 4. The van der Waals surface area contributed by atoms with Crippen LogP contribution in [0, 0.1) is 0 Å². The number of benzene rings is 2. The predicted octanol–water partition coefficient (Wildman–Crippen LogP) is 8.28. The molecule has 9 nitrogen and oxygen atoms in total. The first kappa shape index (κ1) is 37.1. The van der Waals surface area contributed by atoms with Crippen LogP contribution in [0.4, 0.5) is 55.9 Å². The van der Waals surface area contributed by atoms with Gasteiger partial charge in [0, 0.05) is 19.0 Å². The van der Waals surface area contributed by atoms with E-state index in [1.807, 2.05) is 0 Å². The second-order valence-electron chi connectivity index (χ2n) is 11.0. The third-order valence-corrected chi connectivity index (χ3v) is 7.49. The summed E-state index contributed by atoms with van der Waals surface area (Å²) < 4.78 is 135. The molecule has 0 bridgehead atoms. The average Bonchev–Trinajstić information content (AvgIpc) is 3.00. The van der Waals surface area contributed by atoms with Gasteiger partial charge in [0.15, 0.2) is 5.75 Å². The molecule has 0 fully saturated rings. The van der Waals surface area contributed by atoms with Gasteiger partial charge in [-0.1, -0.05) is 0 Å². The molecule has 0 saturated carbocycles. The average molecular weight is 709 g/mol. The first-order valence-corrected chi connectivity index (χ1v) is 14.7. The van der Waals surface area contributed by atoms with Gasteiger partial charge in [-0.05, 0) is 74.2 Å². The minimum absolute atomic E-state index is 0.0291. The monoisotopic (exact) mass is 708 g/mol. The summed E-state index contributed by atoms with van der Waals surface area (Å²) in [4.78, 5) is 34.3. The van der Waals surface area contributed by atoms with Crippen LogP contribution in [0.15, 0.2) is 48.8 Å². The van der Waals surface area contributed by atoms with Gasteiger partial charge in [0.05, 0.1) is 54.0 Å². The summed E-state index contributed by atoms with van der Waals surface area (Å²) in [6.07, 6.45) is -14.1. The van der Waals surface area contributed by atoms with Gasteiger partial charge in [-0.3, -0.25) is 9.69 Å². The number of carbonyl (C=O) groups excluding carboxylic acids is 1. The largest absolute Gasteiger partial charge is 0.490 e. The van der Waals surface area contributed by atoms with Crippen LogP contribution in [-0.2, 0) is 34.6 Å². The maximum Gasteiger partial charge on any atom is 0.416 e. The Balaban J connectivity index is 1.87. The highest BCUT2D eigenvalue weighted by molar-refractivity contribution is 5.90. The van der Waals surface area contributed by atoms with Gasteiger partial charge < -0.3 is 19.5 Å². The Morgan fingerprint density at radius 1 is 0.918 bits per heavy atom. The van der Waals surface area contributed by atoms with E-state index in [4.69, 9.17) is 14.6 Å². The number of carbonyl (C=O) groups is 2. The Morgan fingerprint density at radius 2 is 1.51 bits per heavy atom. The van der Waals surface area contributed by atoms with Crippen molar-refractivity contribution in [3.63, 3.8) is 0 Å². The smallest absolute Gasteiger partial charge is 0.416 e. The van der Waals surface area contributed by atoms with Crippen LogP contribution in [0.3, 0.4) is 0 Å². The summed E-state index contributed by atoms with van der Waals surface area (Å²) in [5, 5.41) is 8.80. The lowest BCUT2D eigenvalue weighted by Crippen LogP contribution is -2.47. The molecule has 2 aromatic carbocycles. The lowest BCUT2D eigenvalue weighted by molar-refractivity contribution is -0.143. The Morgan fingerprint density at radius 3 is 2.04 bits per heavy atom. The van der Waals surface area contributed by atoms with Crippen molar-refractivity contribution in [3.05, 3.63) is 76.6 Å². The molecule has 1 aliphatic heterocycles. The molecular formula is C31H29F9N4O5. The molecule has 1 N–H and O–H groups in total. The fraction of sp³-hybridized carbons (Fsp3) is 0.419. The number of carboxylic acid groups (broad SMARTS) is 1. The minimum Gasteiger partial charge on any atom is -0.490 e. The number of halogens is 9. The van der Waals surface area contributed by atoms with Gasteiger partial charge in [-0.25, -0.2) is 14.8 Å². The lowest BCUT2D eigenvalue weighted by atomic mass is 9.89. The summed E-state index contributed by atoms with van der Waals surface area (Å²) in [5.41, 5.74) is -5.00. The first-order valence-electron chi connectivity index (χ1n) is 14.7. The number of aromatic nitrogens is 2. The third-order valence-electron chi connectivity index (χ3n) is 7.49. The normalized spacial score (nSPS) is 16.6. The summed E-state index contributed by atoms with van der Waals surface area (Å²) in [7, 11) is 0. The predicted molar refractivity (Wildman–Crippen MR) is 155 cm³/mol. The fourth-order valence-electron chi connectivity index (χ4n) is 5.35. The zero-order valence-electron chi connectivity index (χ0n) is 25.8. The second-order valence-corrected chi connectivity index (χ2v) is 11.0. The van der Waals surface area contributed by atoms with E-state index in [2.05, 4.69) is 9.97 Å². The molecule has 18 heteroatoms. The zero-order valence-corrected chi connectivity index (χ0v) is 25.8. The standard InChI is InChI=1S/C31H29F9N4O5/c1-3-48-28(47)44-17(2)9-25(23-13-19(29(32,33)34)6-7-24(23)44)43(27-41-14-22(15-42-27)49-8-4-5-26(45)46)16-18-10-20(30(35,36)37)12-21(11-18)31(38,39)40/h6-7,10-15,17,25H,3-5,8-9,16H2,1-2H3,(H,45,46)/t17-,25+/m1/s1. The SMILES string of the molecule is CCOC(=O)N1c2ccc(C(F)(F)F)cc2[C@@H](N(Cc2cc(C(F)(F)F)cc(C(F)(F)F)c2)c2ncc(OCCCC(=O)O)cn2)C[C@H]1C. The summed E-state index contributed by atoms with van der Waals surface area (Å²) in [5.74, 6) is -1.32. The summed E-state index contributed by atoms with van der Waals surface area (Å²) >= 11 is 0. The maximum atomic E-state index is 13.9. The topological polar surface area (TPSA) is 105 Å². The van der Waals surface area contributed by atoms with Crippen LogP contribution >= 0.6 is 0 Å². The highest BCUT2D eigenvalue weighted by Crippen LogP contribution is 2.45. The minimum atomic E-state index is -5.18. The molecule has 0 aliphatic carbocycles. The van der Waals surface area contributed by atoms with Crippen molar-refractivity contribution >= 4 is 23.7 Å². The van der Waals surface area contributed by atoms with Crippen LogP contribution in [0.25, 0.3) is 0 Å². The van der Waals surface area contributed by atoms with Crippen molar-refractivity contribution in [1.29, 1.82) is 0 Å². The molecule has 2 heterocycles. The number of carboxylic acids is 1. The Labute approximate surface area is 273 Å². The molecule has 1 aliphatic rings. The quantitative estimate of drug-likeness (QED) is 0.166. The number of rotatable bonds is 10. The van der Waals surface area contributed by atoms with Crippen molar-refractivity contribution in [2.45, 2.75) is 70.3 Å². The fourth-order valence-corrected chi connectivity index (χ4v) is 5.35. The molecule has 1 aromatic heterocycles. The van der Waals surface area contributed by atoms with Crippen LogP contribution in [0.2, 0.25) is 0 Å². The van der Waals surface area contributed by atoms with Gasteiger partial charge in [0.25, 0.3) is 0 Å². The van der Waals surface area contributed by atoms with Crippen molar-refractivity contribution in [1.82, 2.24) is 9.97 Å². The van der Waals surface area contributed by atoms with Crippen LogP contribution in [0.1, 0.15) is 67.0 Å². The lowest BCUT2D eigenvalue weighted by Gasteiger charge is -2.43. The Kier molecular flexibility index (Phi) is 10.9. The molecule has 4 rings (SSSR count). The molecule has 49 heavy (non-hydrogen) atoms. The van der Waals surface area contributed by atoms with Crippen molar-refractivity contribution in [3.8, 4) is 5.75 Å². The van der Waals surface area contributed by atoms with E-state index < -0.39 is 71.5 Å². The molecule has 2 atom stereocenters. The van der Waals surface area contributed by atoms with Gasteiger partial charge in [-0.2, -0.15) is 39.5 Å². The third kappa shape index (κ3) is 9.03. The number of aliphatic carboxylic acids is 1. The van der Waals surface area contributed by atoms with E-state index in [0.29, 0.717) is 12.1 Å². The number of ether oxygens (including phenoxy) is 2. The highest BCUT2D eigenvalue weighted by atomic mass is 19.4. The second kappa shape index (κ2) is 14.4. The maximum absolute atomic E-state index is 13.9. The molecule has 3 aromatic rings. The van der Waals surface area contributed by atoms with E-state index in [0.717, 1.165) is 40.4 Å². The molecule has 0 saturated heterocycles. The van der Waals surface area contributed by atoms with Gasteiger partial charge >= 0.3 is 30.6 Å². The molecule has 0 unspecified atom stereocenters. The number of anilines is 2. The number of hydrogen-bond donors (Lipinski definition) is 1. The zero-order chi connectivity index (χ0) is 36.3. The first-order chi connectivity index (χ1) is 22.8. The summed E-state index contributed by atoms with van der Waals surface area (Å²) in [6, 6.07) is 1.45. The van der Waals surface area contributed by atoms with Gasteiger partial charge in [-0.15, -0.1) is 0 Å². The number of amides is 1. The number of alkyl halides is 9. The van der Waals surface area contributed by atoms with E-state index in [1.165, 1.54) is 6.92 Å². The van der Waals surface area contributed by atoms with Gasteiger partial charge in [0.2, 0.25) is 5.95 Å². The Bertz CT molecular complexity index is 1610. The van der Waals surface area contributed by atoms with E-state index in [-0.39, 0.29) is 61.5 Å². The molecular weight excluding hydrogens is 679 g/mol. The van der Waals surface area contributed by atoms with Gasteiger partial charge in [0.1, 0.15) is 0 Å².